The van der Waals surface area contributed by atoms with Crippen molar-refractivity contribution in [3.63, 3.8) is 0 Å². The first kappa shape index (κ1) is 13.0. The van der Waals surface area contributed by atoms with Crippen LogP contribution in [0, 0.1) is 13.8 Å². The van der Waals surface area contributed by atoms with Crippen LogP contribution in [0.3, 0.4) is 0 Å². The van der Waals surface area contributed by atoms with Gasteiger partial charge in [0.05, 0.1) is 17.1 Å². The van der Waals surface area contributed by atoms with Crippen LogP contribution < -0.4 is 4.72 Å². The van der Waals surface area contributed by atoms with Crippen LogP contribution in [0.5, 0.6) is 0 Å². The van der Waals surface area contributed by atoms with Gasteiger partial charge in [-0.2, -0.15) is 5.10 Å². The number of aryl methyl sites for hydroxylation is 2. The summed E-state index contributed by atoms with van der Waals surface area (Å²) >= 11 is 3.19. The van der Waals surface area contributed by atoms with Crippen molar-refractivity contribution in [3.05, 3.63) is 34.3 Å². The number of rotatable bonds is 3. The Bertz CT molecular complexity index is 661. The topological polar surface area (TPSA) is 87.7 Å². The fourth-order valence-electron chi connectivity index (χ4n) is 1.43. The molecule has 2 aromatic rings. The Morgan fingerprint density at radius 2 is 2.06 bits per heavy atom. The number of hydrogen-bond acceptors (Lipinski definition) is 4. The second-order valence-electron chi connectivity index (χ2n) is 3.75. The second-order valence-corrected chi connectivity index (χ2v) is 6.35. The molecule has 6 nitrogen and oxygen atoms in total. The molecular formula is C10H11BrN4O2S. The lowest BCUT2D eigenvalue weighted by atomic mass is 10.3. The van der Waals surface area contributed by atoms with Gasteiger partial charge in [0.2, 0.25) is 0 Å². The van der Waals surface area contributed by atoms with Crippen molar-refractivity contribution < 1.29 is 8.42 Å². The van der Waals surface area contributed by atoms with Crippen LogP contribution in [0.2, 0.25) is 0 Å². The minimum atomic E-state index is -3.65. The second kappa shape index (κ2) is 4.69. The number of pyridine rings is 1. The maximum absolute atomic E-state index is 12.1. The summed E-state index contributed by atoms with van der Waals surface area (Å²) in [7, 11) is -3.65. The highest BCUT2D eigenvalue weighted by molar-refractivity contribution is 9.10. The van der Waals surface area contributed by atoms with Gasteiger partial charge in [-0.05, 0) is 35.8 Å². The van der Waals surface area contributed by atoms with E-state index in [1.54, 1.807) is 13.8 Å². The molecule has 2 rings (SSSR count). The van der Waals surface area contributed by atoms with E-state index in [4.69, 9.17) is 0 Å². The lowest BCUT2D eigenvalue weighted by Gasteiger charge is -2.07. The van der Waals surface area contributed by atoms with Crippen molar-refractivity contribution in [2.24, 2.45) is 0 Å². The predicted molar refractivity (Wildman–Crippen MR) is 70.8 cm³/mol. The van der Waals surface area contributed by atoms with Crippen LogP contribution in [0.1, 0.15) is 11.4 Å². The highest BCUT2D eigenvalue weighted by Gasteiger charge is 2.18. The Morgan fingerprint density at radius 3 is 2.61 bits per heavy atom. The van der Waals surface area contributed by atoms with E-state index in [1.807, 2.05) is 0 Å². The molecule has 0 aliphatic heterocycles. The van der Waals surface area contributed by atoms with Crippen LogP contribution in [-0.4, -0.2) is 23.6 Å². The summed E-state index contributed by atoms with van der Waals surface area (Å²) in [5, 5.41) is 6.66. The normalized spacial score (nSPS) is 11.5. The van der Waals surface area contributed by atoms with Crippen molar-refractivity contribution >= 4 is 31.6 Å². The van der Waals surface area contributed by atoms with Gasteiger partial charge in [-0.15, -0.1) is 0 Å². The van der Waals surface area contributed by atoms with Crippen molar-refractivity contribution in [1.29, 1.82) is 0 Å². The third kappa shape index (κ3) is 2.54. The molecule has 2 heterocycles. The molecule has 0 unspecified atom stereocenters. The SMILES string of the molecule is Cc1n[nH]c(C)c1NS(=O)(=O)c1cncc(Br)c1. The van der Waals surface area contributed by atoms with E-state index < -0.39 is 10.0 Å². The Balaban J connectivity index is 2.39. The van der Waals surface area contributed by atoms with E-state index in [0.29, 0.717) is 21.5 Å². The van der Waals surface area contributed by atoms with E-state index in [2.05, 4.69) is 35.8 Å². The van der Waals surface area contributed by atoms with Gasteiger partial charge in [0.15, 0.2) is 0 Å². The molecule has 0 saturated carbocycles. The average molecular weight is 331 g/mol. The van der Waals surface area contributed by atoms with Gasteiger partial charge in [0.25, 0.3) is 10.0 Å². The van der Waals surface area contributed by atoms with Crippen LogP contribution in [0.15, 0.2) is 27.8 Å². The molecule has 0 aliphatic rings. The van der Waals surface area contributed by atoms with E-state index in [0.717, 1.165) is 0 Å². The van der Waals surface area contributed by atoms with Crippen molar-refractivity contribution in [2.45, 2.75) is 18.7 Å². The maximum Gasteiger partial charge on any atom is 0.263 e. The smallest absolute Gasteiger partial charge is 0.263 e. The standard InChI is InChI=1S/C10H11BrN4O2S/c1-6-10(7(2)14-13-6)15-18(16,17)9-3-8(11)4-12-5-9/h3-5,15H,1-2H3,(H,13,14). The van der Waals surface area contributed by atoms with Crippen molar-refractivity contribution in [2.75, 3.05) is 4.72 Å². The molecule has 0 atom stereocenters. The lowest BCUT2D eigenvalue weighted by Crippen LogP contribution is -2.14. The largest absolute Gasteiger partial charge is 0.280 e. The number of nitrogens with one attached hydrogen (secondary N) is 2. The zero-order valence-electron chi connectivity index (χ0n) is 9.73. The minimum absolute atomic E-state index is 0.0943. The number of anilines is 1. The number of sulfonamides is 1. The summed E-state index contributed by atoms with van der Waals surface area (Å²) in [5.74, 6) is 0. The predicted octanol–water partition coefficient (Wildman–Crippen LogP) is 1.98. The minimum Gasteiger partial charge on any atom is -0.280 e. The number of hydrogen-bond donors (Lipinski definition) is 2. The first-order chi connectivity index (χ1) is 8.40. The third-order valence-corrected chi connectivity index (χ3v) is 4.11. The first-order valence-electron chi connectivity index (χ1n) is 5.05. The number of H-pyrrole nitrogens is 1. The molecule has 18 heavy (non-hydrogen) atoms. The van der Waals surface area contributed by atoms with Gasteiger partial charge in [-0.25, -0.2) is 8.42 Å². The van der Waals surface area contributed by atoms with E-state index in [-0.39, 0.29) is 4.90 Å². The Hall–Kier alpha value is -1.41. The van der Waals surface area contributed by atoms with Gasteiger partial charge in [0, 0.05) is 16.9 Å². The van der Waals surface area contributed by atoms with Crippen molar-refractivity contribution in [3.8, 4) is 0 Å². The van der Waals surface area contributed by atoms with Gasteiger partial charge >= 0.3 is 0 Å². The van der Waals surface area contributed by atoms with E-state index >= 15 is 0 Å². The summed E-state index contributed by atoms with van der Waals surface area (Å²) in [6.45, 7) is 3.47. The van der Waals surface area contributed by atoms with E-state index in [1.165, 1.54) is 18.5 Å². The summed E-state index contributed by atoms with van der Waals surface area (Å²) in [5.41, 5.74) is 1.73. The molecular weight excluding hydrogens is 320 g/mol. The highest BCUT2D eigenvalue weighted by Crippen LogP contribution is 2.22. The van der Waals surface area contributed by atoms with Gasteiger partial charge in [-0.3, -0.25) is 14.8 Å². The Labute approximate surface area is 113 Å². The molecule has 8 heteroatoms. The quantitative estimate of drug-likeness (QED) is 0.900. The van der Waals surface area contributed by atoms with Crippen LogP contribution in [0.25, 0.3) is 0 Å². The number of nitrogens with zero attached hydrogens (tertiary/aromatic N) is 2. The van der Waals surface area contributed by atoms with Crippen molar-refractivity contribution in [1.82, 2.24) is 15.2 Å². The zero-order valence-corrected chi connectivity index (χ0v) is 12.1. The number of aromatic nitrogens is 3. The molecule has 0 amide bonds. The first-order valence-corrected chi connectivity index (χ1v) is 7.33. The van der Waals surface area contributed by atoms with Crippen LogP contribution in [-0.2, 0) is 10.0 Å². The van der Waals surface area contributed by atoms with E-state index in [9.17, 15) is 8.42 Å². The average Bonchev–Trinajstić information content (AvgIpc) is 2.60. The van der Waals surface area contributed by atoms with Gasteiger partial charge in [-0.1, -0.05) is 0 Å². The fourth-order valence-corrected chi connectivity index (χ4v) is 3.12. The zero-order chi connectivity index (χ0) is 13.3. The van der Waals surface area contributed by atoms with Gasteiger partial charge in [0.1, 0.15) is 4.90 Å². The number of aromatic amines is 1. The molecule has 0 bridgehead atoms. The summed E-state index contributed by atoms with van der Waals surface area (Å²) < 4.78 is 27.4. The lowest BCUT2D eigenvalue weighted by molar-refractivity contribution is 0.600. The molecule has 0 fully saturated rings. The molecule has 0 radical (unpaired) electrons. The van der Waals surface area contributed by atoms with Gasteiger partial charge < -0.3 is 0 Å². The summed E-state index contributed by atoms with van der Waals surface area (Å²) in [4.78, 5) is 3.93. The molecule has 0 aromatic carbocycles. The monoisotopic (exact) mass is 330 g/mol. The molecule has 0 spiro atoms. The fraction of sp³-hybridized carbons (Fsp3) is 0.200. The Morgan fingerprint density at radius 1 is 1.33 bits per heavy atom. The highest BCUT2D eigenvalue weighted by atomic mass is 79.9. The molecule has 2 aromatic heterocycles. The number of halogens is 1. The summed E-state index contributed by atoms with van der Waals surface area (Å²) in [6.07, 6.45) is 2.81. The molecule has 2 N–H and O–H groups in total. The third-order valence-electron chi connectivity index (χ3n) is 2.35. The van der Waals surface area contributed by atoms with Crippen LogP contribution in [0.4, 0.5) is 5.69 Å². The molecule has 0 aliphatic carbocycles. The maximum atomic E-state index is 12.1. The molecule has 96 valence electrons. The molecule has 0 saturated heterocycles. The van der Waals surface area contributed by atoms with Crippen LogP contribution >= 0.6 is 15.9 Å². The Kier molecular flexibility index (Phi) is 3.40. The summed E-state index contributed by atoms with van der Waals surface area (Å²) in [6, 6.07) is 1.49.